The highest BCUT2D eigenvalue weighted by molar-refractivity contribution is 5.92. The van der Waals surface area contributed by atoms with E-state index in [0.29, 0.717) is 12.8 Å². The van der Waals surface area contributed by atoms with Crippen LogP contribution in [0.5, 0.6) is 0 Å². The number of carboxylic acid groups (broad SMARTS) is 1. The number of rotatable bonds is 12. The van der Waals surface area contributed by atoms with Crippen molar-refractivity contribution >= 4 is 11.9 Å². The molecular formula is C16H29NO3. The summed E-state index contributed by atoms with van der Waals surface area (Å²) in [5, 5.41) is 11.4. The fourth-order valence-corrected chi connectivity index (χ4v) is 1.94. The lowest BCUT2D eigenvalue weighted by molar-refractivity contribution is -0.134. The van der Waals surface area contributed by atoms with Crippen LogP contribution < -0.4 is 5.32 Å². The third-order valence-electron chi connectivity index (χ3n) is 3.15. The number of carbonyl (C=O) groups is 2. The number of unbranched alkanes of at least 4 members (excludes halogenated alkanes) is 7. The van der Waals surface area contributed by atoms with Crippen LogP contribution in [-0.2, 0) is 9.59 Å². The van der Waals surface area contributed by atoms with Crippen LogP contribution in [-0.4, -0.2) is 17.0 Å². The molecule has 0 radical (unpaired) electrons. The Labute approximate surface area is 122 Å². The van der Waals surface area contributed by atoms with Crippen LogP contribution in [0.2, 0.25) is 0 Å². The first-order valence-corrected chi connectivity index (χ1v) is 7.85. The standard InChI is InChI=1S/C16H29NO3/c1-3-5-7-8-9-10-11-13-15(18)17-14(16(19)20)12-6-4-2/h12H,3-11,13H2,1-2H3,(H,17,18)(H,19,20). The molecule has 20 heavy (non-hydrogen) atoms. The number of aliphatic carboxylic acids is 1. The number of amides is 1. The van der Waals surface area contributed by atoms with Crippen LogP contribution in [0.25, 0.3) is 0 Å². The van der Waals surface area contributed by atoms with Gasteiger partial charge in [-0.1, -0.05) is 64.9 Å². The monoisotopic (exact) mass is 283 g/mol. The number of hydrogen-bond donors (Lipinski definition) is 2. The minimum atomic E-state index is -1.06. The SMILES string of the molecule is CCCC=C(NC(=O)CCCCCCCCC)C(=O)O. The van der Waals surface area contributed by atoms with Crippen molar-refractivity contribution in [3.05, 3.63) is 11.8 Å². The molecule has 0 atom stereocenters. The van der Waals surface area contributed by atoms with Gasteiger partial charge in [0, 0.05) is 6.42 Å². The van der Waals surface area contributed by atoms with E-state index < -0.39 is 5.97 Å². The molecular weight excluding hydrogens is 254 g/mol. The fourth-order valence-electron chi connectivity index (χ4n) is 1.94. The van der Waals surface area contributed by atoms with Gasteiger partial charge < -0.3 is 10.4 Å². The number of allylic oxidation sites excluding steroid dienone is 1. The van der Waals surface area contributed by atoms with Gasteiger partial charge in [0.15, 0.2) is 0 Å². The van der Waals surface area contributed by atoms with Crippen molar-refractivity contribution in [3.63, 3.8) is 0 Å². The Balaban J connectivity index is 3.78. The van der Waals surface area contributed by atoms with E-state index in [0.717, 1.165) is 25.7 Å². The molecule has 4 nitrogen and oxygen atoms in total. The summed E-state index contributed by atoms with van der Waals surface area (Å²) in [5.41, 5.74) is 0.0137. The van der Waals surface area contributed by atoms with Crippen molar-refractivity contribution in [1.82, 2.24) is 5.32 Å². The van der Waals surface area contributed by atoms with Crippen LogP contribution in [0.1, 0.15) is 78.1 Å². The molecule has 0 heterocycles. The van der Waals surface area contributed by atoms with E-state index in [1.54, 1.807) is 6.08 Å². The molecule has 0 bridgehead atoms. The van der Waals surface area contributed by atoms with E-state index in [9.17, 15) is 9.59 Å². The lowest BCUT2D eigenvalue weighted by atomic mass is 10.1. The first-order valence-electron chi connectivity index (χ1n) is 7.85. The second-order valence-corrected chi connectivity index (χ2v) is 5.13. The maximum Gasteiger partial charge on any atom is 0.352 e. The van der Waals surface area contributed by atoms with Gasteiger partial charge in [-0.3, -0.25) is 4.79 Å². The van der Waals surface area contributed by atoms with Gasteiger partial charge in [-0.05, 0) is 12.8 Å². The maximum absolute atomic E-state index is 11.6. The van der Waals surface area contributed by atoms with Crippen molar-refractivity contribution in [3.8, 4) is 0 Å². The van der Waals surface area contributed by atoms with Gasteiger partial charge in [0.05, 0.1) is 0 Å². The van der Waals surface area contributed by atoms with E-state index in [1.807, 2.05) is 6.92 Å². The molecule has 0 unspecified atom stereocenters. The van der Waals surface area contributed by atoms with Crippen molar-refractivity contribution < 1.29 is 14.7 Å². The van der Waals surface area contributed by atoms with Gasteiger partial charge in [-0.2, -0.15) is 0 Å². The van der Waals surface area contributed by atoms with Gasteiger partial charge in [0.1, 0.15) is 5.70 Å². The molecule has 0 saturated carbocycles. The van der Waals surface area contributed by atoms with Gasteiger partial charge in [0.25, 0.3) is 0 Å². The van der Waals surface area contributed by atoms with E-state index in [4.69, 9.17) is 5.11 Å². The molecule has 2 N–H and O–H groups in total. The Morgan fingerprint density at radius 2 is 1.55 bits per heavy atom. The Bertz CT molecular complexity index is 311. The molecule has 0 rings (SSSR count). The van der Waals surface area contributed by atoms with E-state index in [-0.39, 0.29) is 11.6 Å². The molecule has 0 saturated heterocycles. The maximum atomic E-state index is 11.6. The molecule has 0 aliphatic heterocycles. The lowest BCUT2D eigenvalue weighted by Gasteiger charge is -2.06. The van der Waals surface area contributed by atoms with Gasteiger partial charge in [-0.15, -0.1) is 0 Å². The van der Waals surface area contributed by atoms with Crippen molar-refractivity contribution in [2.75, 3.05) is 0 Å². The zero-order valence-electron chi connectivity index (χ0n) is 12.9. The third-order valence-corrected chi connectivity index (χ3v) is 3.15. The third kappa shape index (κ3) is 10.6. The summed E-state index contributed by atoms with van der Waals surface area (Å²) in [6.07, 6.45) is 11.6. The molecule has 0 aliphatic rings. The van der Waals surface area contributed by atoms with Crippen molar-refractivity contribution in [2.24, 2.45) is 0 Å². The quantitative estimate of drug-likeness (QED) is 0.420. The Morgan fingerprint density at radius 3 is 2.10 bits per heavy atom. The highest BCUT2D eigenvalue weighted by atomic mass is 16.4. The molecule has 0 fully saturated rings. The summed E-state index contributed by atoms with van der Waals surface area (Å²) in [7, 11) is 0. The van der Waals surface area contributed by atoms with E-state index >= 15 is 0 Å². The predicted molar refractivity (Wildman–Crippen MR) is 81.4 cm³/mol. The molecule has 0 spiro atoms. The number of hydrogen-bond acceptors (Lipinski definition) is 2. The zero-order valence-corrected chi connectivity index (χ0v) is 12.9. The highest BCUT2D eigenvalue weighted by Crippen LogP contribution is 2.08. The van der Waals surface area contributed by atoms with Crippen LogP contribution in [0.4, 0.5) is 0 Å². The smallest absolute Gasteiger partial charge is 0.352 e. The highest BCUT2D eigenvalue weighted by Gasteiger charge is 2.10. The molecule has 1 amide bonds. The summed E-state index contributed by atoms with van der Waals surface area (Å²) >= 11 is 0. The minimum Gasteiger partial charge on any atom is -0.477 e. The van der Waals surface area contributed by atoms with Gasteiger partial charge >= 0.3 is 5.97 Å². The summed E-state index contributed by atoms with van der Waals surface area (Å²) in [6.45, 7) is 4.16. The molecule has 0 aromatic heterocycles. The summed E-state index contributed by atoms with van der Waals surface area (Å²) in [5.74, 6) is -1.25. The zero-order chi connectivity index (χ0) is 15.2. The summed E-state index contributed by atoms with van der Waals surface area (Å²) in [6, 6.07) is 0. The average molecular weight is 283 g/mol. The predicted octanol–water partition coefficient (Wildman–Crippen LogP) is 4.01. The molecule has 0 aromatic rings. The van der Waals surface area contributed by atoms with E-state index in [1.165, 1.54) is 25.7 Å². The van der Waals surface area contributed by atoms with Gasteiger partial charge in [0.2, 0.25) is 5.91 Å². The van der Waals surface area contributed by atoms with Gasteiger partial charge in [-0.25, -0.2) is 4.79 Å². The minimum absolute atomic E-state index is 0.0137. The Hall–Kier alpha value is -1.32. The lowest BCUT2D eigenvalue weighted by Crippen LogP contribution is -2.27. The van der Waals surface area contributed by atoms with Crippen molar-refractivity contribution in [1.29, 1.82) is 0 Å². The molecule has 4 heteroatoms. The van der Waals surface area contributed by atoms with Crippen LogP contribution in [0, 0.1) is 0 Å². The Morgan fingerprint density at radius 1 is 0.950 bits per heavy atom. The number of nitrogens with one attached hydrogen (secondary N) is 1. The molecule has 0 aliphatic carbocycles. The second-order valence-electron chi connectivity index (χ2n) is 5.13. The second kappa shape index (κ2) is 12.7. The van der Waals surface area contributed by atoms with Crippen LogP contribution in [0.3, 0.4) is 0 Å². The fraction of sp³-hybridized carbons (Fsp3) is 0.750. The number of carboxylic acids is 1. The molecule has 116 valence electrons. The summed E-state index contributed by atoms with van der Waals surface area (Å²) in [4.78, 5) is 22.6. The first-order chi connectivity index (χ1) is 9.61. The van der Waals surface area contributed by atoms with Crippen LogP contribution in [0.15, 0.2) is 11.8 Å². The normalized spacial score (nSPS) is 11.4. The number of carbonyl (C=O) groups excluding carboxylic acids is 1. The average Bonchev–Trinajstić information content (AvgIpc) is 2.42. The van der Waals surface area contributed by atoms with Crippen molar-refractivity contribution in [2.45, 2.75) is 78.1 Å². The summed E-state index contributed by atoms with van der Waals surface area (Å²) < 4.78 is 0. The first kappa shape index (κ1) is 18.7. The Kier molecular flexibility index (Phi) is 11.9. The van der Waals surface area contributed by atoms with Crippen LogP contribution >= 0.6 is 0 Å². The molecule has 0 aromatic carbocycles. The topological polar surface area (TPSA) is 66.4 Å². The largest absolute Gasteiger partial charge is 0.477 e. The van der Waals surface area contributed by atoms with E-state index in [2.05, 4.69) is 12.2 Å².